The molecule has 1 atom stereocenters. The molecule has 0 spiro atoms. The number of nitrogens with one attached hydrogen (secondary N) is 1. The molecule has 29 heavy (non-hydrogen) atoms. The van der Waals surface area contributed by atoms with E-state index in [0.717, 1.165) is 45.3 Å². The van der Waals surface area contributed by atoms with Crippen LogP contribution in [0.2, 0.25) is 0 Å². The molecule has 0 aliphatic carbocycles. The molecule has 0 aliphatic rings. The van der Waals surface area contributed by atoms with Crippen molar-refractivity contribution >= 4 is 11.3 Å². The van der Waals surface area contributed by atoms with Crippen molar-refractivity contribution in [2.24, 2.45) is 0 Å². The highest BCUT2D eigenvalue weighted by atomic mass is 32.1. The Balaban J connectivity index is 1.59. The second-order valence-corrected chi connectivity index (χ2v) is 9.12. The first kappa shape index (κ1) is 23.8. The third-order valence-electron chi connectivity index (χ3n) is 5.07. The Labute approximate surface area is 178 Å². The van der Waals surface area contributed by atoms with Crippen molar-refractivity contribution in [1.82, 2.24) is 5.32 Å². The second kappa shape index (κ2) is 12.3. The molecule has 5 nitrogen and oxygen atoms in total. The number of rotatable bonds is 14. The summed E-state index contributed by atoms with van der Waals surface area (Å²) in [5.41, 5.74) is 1.01. The zero-order chi connectivity index (χ0) is 21.1. The van der Waals surface area contributed by atoms with E-state index in [9.17, 15) is 15.3 Å². The Bertz CT molecular complexity index is 703. The molecule has 0 amide bonds. The quantitative estimate of drug-likeness (QED) is 0.344. The van der Waals surface area contributed by atoms with Crippen LogP contribution in [0.4, 0.5) is 0 Å². The summed E-state index contributed by atoms with van der Waals surface area (Å²) in [6.07, 6.45) is 4.44. The number of β-amino-alcohol motifs (C(OH)–C–C–N with tert-alkyl or cyclic N) is 1. The van der Waals surface area contributed by atoms with Gasteiger partial charge in [0.2, 0.25) is 0 Å². The molecular formula is C23H35NO4S. The van der Waals surface area contributed by atoms with Gasteiger partial charge >= 0.3 is 0 Å². The maximum atomic E-state index is 10.4. The van der Waals surface area contributed by atoms with E-state index in [0.29, 0.717) is 17.7 Å². The largest absolute Gasteiger partial charge is 0.508 e. The first-order chi connectivity index (χ1) is 13.9. The van der Waals surface area contributed by atoms with Crippen LogP contribution in [-0.2, 0) is 17.8 Å². The summed E-state index contributed by atoms with van der Waals surface area (Å²) in [5, 5.41) is 35.1. The number of aliphatic hydroxyl groups excluding tert-OH is 2. The number of benzene rings is 1. The van der Waals surface area contributed by atoms with Crippen molar-refractivity contribution < 1.29 is 20.1 Å². The topological polar surface area (TPSA) is 82.0 Å². The van der Waals surface area contributed by atoms with Gasteiger partial charge in [0.1, 0.15) is 5.75 Å². The SMILES string of the molecule is CC(C)(CCCCCOCCc1cccs1)NCC(O)c1cc(CO)ccc1O. The number of aromatic hydroxyl groups is 1. The van der Waals surface area contributed by atoms with Gasteiger partial charge in [-0.3, -0.25) is 0 Å². The highest BCUT2D eigenvalue weighted by Gasteiger charge is 2.20. The number of ether oxygens (including phenoxy) is 1. The molecular weight excluding hydrogens is 386 g/mol. The van der Waals surface area contributed by atoms with Gasteiger partial charge in [-0.25, -0.2) is 0 Å². The molecule has 1 unspecified atom stereocenters. The number of hydrogen-bond donors (Lipinski definition) is 4. The van der Waals surface area contributed by atoms with Gasteiger partial charge in [-0.2, -0.15) is 0 Å². The molecule has 4 N–H and O–H groups in total. The van der Waals surface area contributed by atoms with Crippen molar-refractivity contribution in [3.05, 3.63) is 51.7 Å². The van der Waals surface area contributed by atoms with E-state index in [4.69, 9.17) is 4.74 Å². The van der Waals surface area contributed by atoms with Gasteiger partial charge in [0.25, 0.3) is 0 Å². The third-order valence-corrected chi connectivity index (χ3v) is 6.01. The van der Waals surface area contributed by atoms with E-state index in [1.165, 1.54) is 10.9 Å². The Morgan fingerprint density at radius 2 is 1.97 bits per heavy atom. The number of phenolic OH excluding ortho intramolecular Hbond substituents is 1. The first-order valence-electron chi connectivity index (χ1n) is 10.4. The average molecular weight is 422 g/mol. The van der Waals surface area contributed by atoms with E-state index in [1.807, 2.05) is 0 Å². The van der Waals surface area contributed by atoms with Crippen LogP contribution in [0.1, 0.15) is 61.6 Å². The molecule has 2 aromatic rings. The van der Waals surface area contributed by atoms with Crippen LogP contribution in [-0.4, -0.2) is 40.6 Å². The minimum absolute atomic E-state index is 0.0494. The molecule has 0 saturated heterocycles. The van der Waals surface area contributed by atoms with Crippen molar-refractivity contribution in [1.29, 1.82) is 0 Å². The zero-order valence-electron chi connectivity index (χ0n) is 17.6. The lowest BCUT2D eigenvalue weighted by Crippen LogP contribution is -2.41. The van der Waals surface area contributed by atoms with Crippen molar-refractivity contribution in [3.8, 4) is 5.75 Å². The fraction of sp³-hybridized carbons (Fsp3) is 0.565. The highest BCUT2D eigenvalue weighted by molar-refractivity contribution is 7.09. The summed E-state index contributed by atoms with van der Waals surface area (Å²) >= 11 is 1.78. The fourth-order valence-electron chi connectivity index (χ4n) is 3.22. The van der Waals surface area contributed by atoms with E-state index in [2.05, 4.69) is 36.7 Å². The summed E-state index contributed by atoms with van der Waals surface area (Å²) in [5.74, 6) is 0.0494. The maximum absolute atomic E-state index is 10.4. The maximum Gasteiger partial charge on any atom is 0.121 e. The summed E-state index contributed by atoms with van der Waals surface area (Å²) in [4.78, 5) is 1.37. The lowest BCUT2D eigenvalue weighted by molar-refractivity contribution is 0.132. The Morgan fingerprint density at radius 3 is 2.69 bits per heavy atom. The lowest BCUT2D eigenvalue weighted by Gasteiger charge is -2.28. The van der Waals surface area contributed by atoms with Gasteiger partial charge in [-0.15, -0.1) is 11.3 Å². The standard InChI is InChI=1S/C23H35NO4S/c1-23(2,11-4-3-5-12-28-13-10-19-7-6-14-29-19)24-16-22(27)20-15-18(17-25)8-9-21(20)26/h6-9,14-15,22,24-27H,3-5,10-13,16-17H2,1-2H3. The lowest BCUT2D eigenvalue weighted by atomic mass is 9.95. The highest BCUT2D eigenvalue weighted by Crippen LogP contribution is 2.26. The summed E-state index contributed by atoms with van der Waals surface area (Å²) in [6, 6.07) is 9.02. The van der Waals surface area contributed by atoms with E-state index in [1.54, 1.807) is 23.5 Å². The number of hydrogen-bond acceptors (Lipinski definition) is 6. The summed E-state index contributed by atoms with van der Waals surface area (Å²) in [7, 11) is 0. The van der Waals surface area contributed by atoms with Crippen LogP contribution < -0.4 is 5.32 Å². The smallest absolute Gasteiger partial charge is 0.121 e. The van der Waals surface area contributed by atoms with Crippen LogP contribution in [0, 0.1) is 0 Å². The molecule has 162 valence electrons. The molecule has 1 aromatic heterocycles. The normalized spacial score (nSPS) is 13.0. The summed E-state index contributed by atoms with van der Waals surface area (Å²) in [6.45, 7) is 6.08. The minimum Gasteiger partial charge on any atom is -0.508 e. The van der Waals surface area contributed by atoms with Gasteiger partial charge in [-0.1, -0.05) is 25.0 Å². The monoisotopic (exact) mass is 421 g/mol. The Kier molecular flexibility index (Phi) is 10.1. The van der Waals surface area contributed by atoms with Crippen LogP contribution in [0.3, 0.4) is 0 Å². The van der Waals surface area contributed by atoms with Crippen LogP contribution >= 0.6 is 11.3 Å². The zero-order valence-corrected chi connectivity index (χ0v) is 18.4. The molecule has 0 bridgehead atoms. The van der Waals surface area contributed by atoms with Gasteiger partial charge < -0.3 is 25.4 Å². The second-order valence-electron chi connectivity index (χ2n) is 8.08. The summed E-state index contributed by atoms with van der Waals surface area (Å²) < 4.78 is 5.71. The molecule has 1 aromatic carbocycles. The van der Waals surface area contributed by atoms with Crippen LogP contribution in [0.15, 0.2) is 35.7 Å². The van der Waals surface area contributed by atoms with Gasteiger partial charge in [-0.05, 0) is 55.8 Å². The Morgan fingerprint density at radius 1 is 1.14 bits per heavy atom. The third kappa shape index (κ3) is 8.84. The van der Waals surface area contributed by atoms with Crippen LogP contribution in [0.5, 0.6) is 5.75 Å². The number of unbranched alkanes of at least 4 members (excludes halogenated alkanes) is 2. The van der Waals surface area contributed by atoms with Crippen LogP contribution in [0.25, 0.3) is 0 Å². The van der Waals surface area contributed by atoms with Gasteiger partial charge in [0.05, 0.1) is 19.3 Å². The number of aliphatic hydroxyl groups is 2. The minimum atomic E-state index is -0.822. The van der Waals surface area contributed by atoms with E-state index < -0.39 is 6.10 Å². The number of phenols is 1. The van der Waals surface area contributed by atoms with Gasteiger partial charge in [0.15, 0.2) is 0 Å². The van der Waals surface area contributed by atoms with Crippen molar-refractivity contribution in [2.75, 3.05) is 19.8 Å². The first-order valence-corrected chi connectivity index (χ1v) is 11.2. The molecule has 0 fully saturated rings. The van der Waals surface area contributed by atoms with Crippen molar-refractivity contribution in [3.63, 3.8) is 0 Å². The molecule has 6 heteroatoms. The predicted molar refractivity (Wildman–Crippen MR) is 118 cm³/mol. The molecule has 0 aliphatic heterocycles. The molecule has 0 saturated carbocycles. The molecule has 0 radical (unpaired) electrons. The predicted octanol–water partition coefficient (Wildman–Crippen LogP) is 4.17. The average Bonchev–Trinajstić information content (AvgIpc) is 3.22. The molecule has 1 heterocycles. The Hall–Kier alpha value is -1.44. The fourth-order valence-corrected chi connectivity index (χ4v) is 3.91. The molecule has 2 rings (SSSR count). The van der Waals surface area contributed by atoms with Crippen molar-refractivity contribution in [2.45, 2.75) is 64.2 Å². The number of thiophene rings is 1. The van der Waals surface area contributed by atoms with E-state index >= 15 is 0 Å². The van der Waals surface area contributed by atoms with E-state index in [-0.39, 0.29) is 17.9 Å². The van der Waals surface area contributed by atoms with Gasteiger partial charge in [0, 0.05) is 35.6 Å².